The molecule has 17 heavy (non-hydrogen) atoms. The highest BCUT2D eigenvalue weighted by Crippen LogP contribution is 2.29. The van der Waals surface area contributed by atoms with Gasteiger partial charge in [0.2, 0.25) is 5.78 Å². The van der Waals surface area contributed by atoms with E-state index in [-0.39, 0.29) is 6.42 Å². The van der Waals surface area contributed by atoms with Gasteiger partial charge in [-0.2, -0.15) is 13.2 Å². The molecule has 1 rings (SSSR count). The zero-order valence-corrected chi connectivity index (χ0v) is 8.88. The summed E-state index contributed by atoms with van der Waals surface area (Å²) in [5.41, 5.74) is -0.472. The zero-order chi connectivity index (χ0) is 13.1. The van der Waals surface area contributed by atoms with Crippen LogP contribution in [0.3, 0.4) is 0 Å². The molecule has 0 fully saturated rings. The molecule has 0 N–H and O–H groups in total. The smallest absolute Gasteiger partial charge is 0.416 e. The lowest BCUT2D eigenvalue weighted by Gasteiger charge is -2.06. The number of benzene rings is 1. The topological polar surface area (TPSA) is 43.4 Å². The maximum atomic E-state index is 12.2. The highest BCUT2D eigenvalue weighted by molar-refractivity contribution is 6.34. The first-order valence-electron chi connectivity index (χ1n) is 4.62. The minimum Gasteiger partial charge on any atom is -0.463 e. The van der Waals surface area contributed by atoms with Crippen LogP contribution in [0.4, 0.5) is 13.2 Å². The van der Waals surface area contributed by atoms with Crippen molar-refractivity contribution in [1.82, 2.24) is 0 Å². The van der Waals surface area contributed by atoms with Crippen LogP contribution in [0, 0.1) is 0 Å². The van der Waals surface area contributed by atoms with Gasteiger partial charge in [-0.05, 0) is 17.7 Å². The maximum Gasteiger partial charge on any atom is 0.416 e. The van der Waals surface area contributed by atoms with Crippen LogP contribution in [-0.4, -0.2) is 18.9 Å². The van der Waals surface area contributed by atoms with Crippen LogP contribution in [0.2, 0.25) is 0 Å². The van der Waals surface area contributed by atoms with Gasteiger partial charge in [-0.3, -0.25) is 4.79 Å². The summed E-state index contributed by atoms with van der Waals surface area (Å²) in [5, 5.41) is 0. The van der Waals surface area contributed by atoms with Crippen LogP contribution in [0.5, 0.6) is 0 Å². The van der Waals surface area contributed by atoms with Crippen molar-refractivity contribution in [2.75, 3.05) is 7.11 Å². The van der Waals surface area contributed by atoms with Crippen LogP contribution < -0.4 is 0 Å². The van der Waals surface area contributed by atoms with Crippen molar-refractivity contribution < 1.29 is 27.5 Å². The van der Waals surface area contributed by atoms with Crippen molar-refractivity contribution in [3.63, 3.8) is 0 Å². The first-order chi connectivity index (χ1) is 7.84. The number of carbonyl (C=O) groups excluding carboxylic acids is 2. The fourth-order valence-electron chi connectivity index (χ4n) is 1.18. The van der Waals surface area contributed by atoms with Crippen molar-refractivity contribution >= 4 is 11.8 Å². The third-order valence-corrected chi connectivity index (χ3v) is 2.06. The lowest BCUT2D eigenvalue weighted by molar-refractivity contribution is -0.151. The van der Waals surface area contributed by atoms with Crippen molar-refractivity contribution in [3.8, 4) is 0 Å². The molecule has 0 saturated carbocycles. The summed E-state index contributed by atoms with van der Waals surface area (Å²) in [6, 6.07) is 4.03. The van der Waals surface area contributed by atoms with Gasteiger partial charge in [0.25, 0.3) is 0 Å². The Hall–Kier alpha value is -1.85. The standard InChI is InChI=1S/C11H9F3O3/c1-17-10(16)9(15)6-7-2-4-8(5-3-7)11(12,13)14/h2-5H,6H2,1H3. The van der Waals surface area contributed by atoms with E-state index in [2.05, 4.69) is 4.74 Å². The highest BCUT2D eigenvalue weighted by Gasteiger charge is 2.30. The van der Waals surface area contributed by atoms with Gasteiger partial charge in [0.05, 0.1) is 12.7 Å². The number of ether oxygens (including phenoxy) is 1. The van der Waals surface area contributed by atoms with Gasteiger partial charge >= 0.3 is 12.1 Å². The Labute approximate surface area is 95.2 Å². The van der Waals surface area contributed by atoms with E-state index in [4.69, 9.17) is 0 Å². The normalized spacial score (nSPS) is 11.1. The fraction of sp³-hybridized carbons (Fsp3) is 0.273. The van der Waals surface area contributed by atoms with E-state index >= 15 is 0 Å². The monoisotopic (exact) mass is 246 g/mol. The molecule has 0 unspecified atom stereocenters. The van der Waals surface area contributed by atoms with Crippen LogP contribution in [0.25, 0.3) is 0 Å². The van der Waals surface area contributed by atoms with E-state index in [1.165, 1.54) is 0 Å². The fourth-order valence-corrected chi connectivity index (χ4v) is 1.18. The van der Waals surface area contributed by atoms with E-state index in [1.807, 2.05) is 0 Å². The molecular weight excluding hydrogens is 237 g/mol. The summed E-state index contributed by atoms with van der Waals surface area (Å²) in [4.78, 5) is 21.9. The average Bonchev–Trinajstić information content (AvgIpc) is 2.27. The Bertz CT molecular complexity index is 421. The summed E-state index contributed by atoms with van der Waals surface area (Å²) in [6.07, 6.45) is -4.68. The molecule has 0 radical (unpaired) electrons. The first kappa shape index (κ1) is 13.2. The molecule has 92 valence electrons. The second kappa shape index (κ2) is 4.99. The number of methoxy groups -OCH3 is 1. The molecule has 0 atom stereocenters. The second-order valence-electron chi connectivity index (χ2n) is 3.29. The van der Waals surface area contributed by atoms with Gasteiger partial charge in [-0.25, -0.2) is 4.79 Å². The van der Waals surface area contributed by atoms with Crippen LogP contribution >= 0.6 is 0 Å². The number of alkyl halides is 3. The number of carbonyl (C=O) groups is 2. The molecule has 0 saturated heterocycles. The summed E-state index contributed by atoms with van der Waals surface area (Å²) in [5.74, 6) is -1.81. The van der Waals surface area contributed by atoms with Gasteiger partial charge in [0.1, 0.15) is 0 Å². The Kier molecular flexibility index (Phi) is 3.88. The summed E-state index contributed by atoms with van der Waals surface area (Å²) in [7, 11) is 1.06. The molecule has 0 heterocycles. The first-order valence-corrected chi connectivity index (χ1v) is 4.62. The lowest BCUT2D eigenvalue weighted by Crippen LogP contribution is -2.17. The minimum atomic E-state index is -4.41. The van der Waals surface area contributed by atoms with Gasteiger partial charge in [-0.1, -0.05) is 12.1 Å². The summed E-state index contributed by atoms with van der Waals surface area (Å²) < 4.78 is 40.9. The third kappa shape index (κ3) is 3.58. The Morgan fingerprint density at radius 1 is 1.18 bits per heavy atom. The molecule has 1 aromatic rings. The Balaban J connectivity index is 2.76. The van der Waals surface area contributed by atoms with Gasteiger partial charge in [-0.15, -0.1) is 0 Å². The van der Waals surface area contributed by atoms with Crippen LogP contribution in [-0.2, 0) is 26.9 Å². The number of ketones is 1. The summed E-state index contributed by atoms with van der Waals surface area (Å²) in [6.45, 7) is 0. The maximum absolute atomic E-state index is 12.2. The SMILES string of the molecule is COC(=O)C(=O)Cc1ccc(C(F)(F)F)cc1. The number of esters is 1. The molecule has 0 aliphatic carbocycles. The minimum absolute atomic E-state index is 0.273. The molecule has 0 aliphatic heterocycles. The summed E-state index contributed by atoms with van der Waals surface area (Å²) >= 11 is 0. The molecule has 6 heteroatoms. The van der Waals surface area contributed by atoms with Crippen molar-refractivity contribution in [2.24, 2.45) is 0 Å². The molecule has 0 spiro atoms. The Morgan fingerprint density at radius 2 is 1.71 bits per heavy atom. The second-order valence-corrected chi connectivity index (χ2v) is 3.29. The molecule has 0 bridgehead atoms. The zero-order valence-electron chi connectivity index (χ0n) is 8.88. The van der Waals surface area contributed by atoms with Crippen LogP contribution in [0.1, 0.15) is 11.1 Å². The van der Waals surface area contributed by atoms with Gasteiger partial charge in [0.15, 0.2) is 0 Å². The molecular formula is C11H9F3O3. The molecule has 0 aromatic heterocycles. The van der Waals surface area contributed by atoms with Crippen LogP contribution in [0.15, 0.2) is 24.3 Å². The number of halogens is 3. The van der Waals surface area contributed by atoms with E-state index in [0.717, 1.165) is 31.4 Å². The van der Waals surface area contributed by atoms with E-state index in [1.54, 1.807) is 0 Å². The molecule has 1 aromatic carbocycles. The number of rotatable bonds is 3. The average molecular weight is 246 g/mol. The molecule has 0 aliphatic rings. The van der Waals surface area contributed by atoms with E-state index in [9.17, 15) is 22.8 Å². The number of hydrogen-bond acceptors (Lipinski definition) is 3. The quantitative estimate of drug-likeness (QED) is 0.605. The van der Waals surface area contributed by atoms with Gasteiger partial charge in [0, 0.05) is 6.42 Å². The Morgan fingerprint density at radius 3 is 2.12 bits per heavy atom. The highest BCUT2D eigenvalue weighted by atomic mass is 19.4. The predicted octanol–water partition coefficient (Wildman–Crippen LogP) is 1.99. The molecule has 0 amide bonds. The van der Waals surface area contributed by atoms with E-state index < -0.39 is 23.5 Å². The predicted molar refractivity (Wildman–Crippen MR) is 52.2 cm³/mol. The van der Waals surface area contributed by atoms with E-state index in [0.29, 0.717) is 5.56 Å². The number of hydrogen-bond donors (Lipinski definition) is 0. The largest absolute Gasteiger partial charge is 0.463 e. The lowest BCUT2D eigenvalue weighted by atomic mass is 10.1. The van der Waals surface area contributed by atoms with Crippen molar-refractivity contribution in [1.29, 1.82) is 0 Å². The van der Waals surface area contributed by atoms with Gasteiger partial charge < -0.3 is 4.74 Å². The molecule has 3 nitrogen and oxygen atoms in total. The third-order valence-electron chi connectivity index (χ3n) is 2.06. The number of Topliss-reactive ketones (excluding diaryl/α,β-unsaturated/α-hetero) is 1. The van der Waals surface area contributed by atoms with Crippen molar-refractivity contribution in [2.45, 2.75) is 12.6 Å². The van der Waals surface area contributed by atoms with Crippen molar-refractivity contribution in [3.05, 3.63) is 35.4 Å².